The Kier molecular flexibility index (Phi) is 7.50. The van der Waals surface area contributed by atoms with Crippen LogP contribution in [0.1, 0.15) is 66.7 Å². The molecule has 0 saturated heterocycles. The Balaban J connectivity index is 3.06. The smallest absolute Gasteiger partial charge is 0.163 e. The molecule has 1 aliphatic rings. The van der Waals surface area contributed by atoms with Gasteiger partial charge in [-0.1, -0.05) is 50.1 Å². The van der Waals surface area contributed by atoms with Gasteiger partial charge in [-0.05, 0) is 44.1 Å². The fourth-order valence-corrected chi connectivity index (χ4v) is 2.81. The number of hydrogen-bond donors (Lipinski definition) is 0. The largest absolute Gasteiger partial charge is 0.299 e. The molecule has 1 aliphatic carbocycles. The van der Waals surface area contributed by atoms with Gasteiger partial charge in [-0.25, -0.2) is 0 Å². The number of ketones is 2. The maximum absolute atomic E-state index is 12.5. The van der Waals surface area contributed by atoms with E-state index < -0.39 is 0 Å². The van der Waals surface area contributed by atoms with E-state index in [4.69, 9.17) is 0 Å². The van der Waals surface area contributed by atoms with E-state index >= 15 is 0 Å². The monoisotopic (exact) mass is 302 g/mol. The summed E-state index contributed by atoms with van der Waals surface area (Å²) in [6.07, 6.45) is 9.62. The number of allylic oxidation sites excluding steroid dienone is 6. The second-order valence-corrected chi connectivity index (χ2v) is 7.04. The molecule has 122 valence electrons. The highest BCUT2D eigenvalue weighted by Gasteiger charge is 2.14. The second kappa shape index (κ2) is 8.87. The lowest BCUT2D eigenvalue weighted by atomic mass is 9.91. The first-order valence-electron chi connectivity index (χ1n) is 8.37. The molecule has 0 aromatic rings. The van der Waals surface area contributed by atoms with Crippen LogP contribution in [0.2, 0.25) is 0 Å². The minimum atomic E-state index is 0.198. The summed E-state index contributed by atoms with van der Waals surface area (Å²) in [5.41, 5.74) is 3.02. The molecule has 0 heterocycles. The third kappa shape index (κ3) is 6.55. The summed E-state index contributed by atoms with van der Waals surface area (Å²) in [6, 6.07) is 0. The van der Waals surface area contributed by atoms with Crippen LogP contribution in [0.15, 0.2) is 34.9 Å². The molecule has 2 heteroatoms. The molecule has 0 unspecified atom stereocenters. The summed E-state index contributed by atoms with van der Waals surface area (Å²) in [5, 5.41) is 0. The highest BCUT2D eigenvalue weighted by Crippen LogP contribution is 2.20. The second-order valence-electron chi connectivity index (χ2n) is 7.04. The first-order valence-corrected chi connectivity index (χ1v) is 8.37. The Morgan fingerprint density at radius 3 is 2.36 bits per heavy atom. The molecule has 0 fully saturated rings. The van der Waals surface area contributed by atoms with Crippen LogP contribution in [0.5, 0.6) is 0 Å². The van der Waals surface area contributed by atoms with Crippen molar-refractivity contribution in [3.8, 4) is 0 Å². The summed E-state index contributed by atoms with van der Waals surface area (Å²) in [7, 11) is 0. The minimum Gasteiger partial charge on any atom is -0.299 e. The van der Waals surface area contributed by atoms with E-state index in [9.17, 15) is 9.59 Å². The van der Waals surface area contributed by atoms with Gasteiger partial charge in [-0.2, -0.15) is 0 Å². The van der Waals surface area contributed by atoms with Crippen molar-refractivity contribution in [2.45, 2.75) is 66.7 Å². The van der Waals surface area contributed by atoms with Gasteiger partial charge in [-0.15, -0.1) is 0 Å². The molecule has 0 aromatic carbocycles. The van der Waals surface area contributed by atoms with Crippen molar-refractivity contribution >= 4 is 11.6 Å². The predicted octanol–water partition coefficient (Wildman–Crippen LogP) is 5.20. The zero-order valence-electron chi connectivity index (χ0n) is 14.7. The van der Waals surface area contributed by atoms with Gasteiger partial charge in [0.15, 0.2) is 5.78 Å². The zero-order valence-corrected chi connectivity index (χ0v) is 14.7. The first kappa shape index (κ1) is 18.6. The van der Waals surface area contributed by atoms with E-state index in [0.29, 0.717) is 31.0 Å². The van der Waals surface area contributed by atoms with E-state index in [1.165, 1.54) is 0 Å². The minimum absolute atomic E-state index is 0.198. The van der Waals surface area contributed by atoms with Gasteiger partial charge < -0.3 is 0 Å². The Morgan fingerprint density at radius 2 is 1.73 bits per heavy atom. The fourth-order valence-electron chi connectivity index (χ4n) is 2.81. The molecule has 22 heavy (non-hydrogen) atoms. The van der Waals surface area contributed by atoms with Crippen LogP contribution >= 0.6 is 0 Å². The van der Waals surface area contributed by atoms with Crippen LogP contribution in [0.3, 0.4) is 0 Å². The Morgan fingerprint density at radius 1 is 1.05 bits per heavy atom. The molecule has 1 atom stereocenters. The molecule has 0 amide bonds. The van der Waals surface area contributed by atoms with Crippen LogP contribution < -0.4 is 0 Å². The molecule has 0 aliphatic heterocycles. The van der Waals surface area contributed by atoms with Gasteiger partial charge in [0.05, 0.1) is 0 Å². The molecule has 0 aromatic heterocycles. The SMILES string of the molecule is C/C1=C\C=C(\C(C)C)C(=O)C/C(C)=C/CC[C@@H](C)CC(=O)C1. The number of Topliss-reactive ketones (excluding diaryl/α,β-unsaturated/α-hetero) is 2. The Labute approximate surface area is 135 Å². The van der Waals surface area contributed by atoms with Crippen LogP contribution in [-0.2, 0) is 9.59 Å². The average Bonchev–Trinajstić information content (AvgIpc) is 2.36. The van der Waals surface area contributed by atoms with Gasteiger partial charge in [-0.3, -0.25) is 9.59 Å². The summed E-state index contributed by atoms with van der Waals surface area (Å²) in [5.74, 6) is 1.10. The lowest BCUT2D eigenvalue weighted by Crippen LogP contribution is -2.10. The Hall–Kier alpha value is -1.44. The van der Waals surface area contributed by atoms with Gasteiger partial charge in [0.25, 0.3) is 0 Å². The van der Waals surface area contributed by atoms with E-state index in [1.807, 2.05) is 39.8 Å². The van der Waals surface area contributed by atoms with Crippen molar-refractivity contribution in [2.75, 3.05) is 0 Å². The van der Waals surface area contributed by atoms with Crippen molar-refractivity contribution in [1.29, 1.82) is 0 Å². The molecule has 0 radical (unpaired) electrons. The number of hydrogen-bond acceptors (Lipinski definition) is 2. The van der Waals surface area contributed by atoms with E-state index in [1.54, 1.807) is 0 Å². The van der Waals surface area contributed by atoms with Crippen molar-refractivity contribution in [3.63, 3.8) is 0 Å². The van der Waals surface area contributed by atoms with Crippen molar-refractivity contribution in [2.24, 2.45) is 11.8 Å². The van der Waals surface area contributed by atoms with E-state index in [-0.39, 0.29) is 11.7 Å². The number of carbonyl (C=O) groups excluding carboxylic acids is 2. The molecular weight excluding hydrogens is 272 g/mol. The molecule has 0 N–H and O–H groups in total. The lowest BCUT2D eigenvalue weighted by Gasteiger charge is -2.13. The molecule has 1 rings (SSSR count). The van der Waals surface area contributed by atoms with Gasteiger partial charge >= 0.3 is 0 Å². The maximum Gasteiger partial charge on any atom is 0.163 e. The fraction of sp³-hybridized carbons (Fsp3) is 0.600. The molecule has 0 saturated carbocycles. The summed E-state index contributed by atoms with van der Waals surface area (Å²) in [4.78, 5) is 24.5. The number of carbonyl (C=O) groups is 2. The molecule has 0 bridgehead atoms. The van der Waals surface area contributed by atoms with E-state index in [2.05, 4.69) is 13.0 Å². The normalized spacial score (nSPS) is 29.9. The summed E-state index contributed by atoms with van der Waals surface area (Å²) in [6.45, 7) is 10.2. The average molecular weight is 302 g/mol. The van der Waals surface area contributed by atoms with Gasteiger partial charge in [0.1, 0.15) is 5.78 Å². The first-order chi connectivity index (χ1) is 10.3. The lowest BCUT2D eigenvalue weighted by molar-refractivity contribution is -0.119. The topological polar surface area (TPSA) is 34.1 Å². The van der Waals surface area contributed by atoms with Crippen molar-refractivity contribution < 1.29 is 9.59 Å². The Bertz CT molecular complexity index is 504. The predicted molar refractivity (Wildman–Crippen MR) is 92.7 cm³/mol. The number of rotatable bonds is 1. The highest BCUT2D eigenvalue weighted by atomic mass is 16.1. The van der Waals surface area contributed by atoms with Gasteiger partial charge in [0.2, 0.25) is 0 Å². The van der Waals surface area contributed by atoms with Crippen molar-refractivity contribution in [3.05, 3.63) is 34.9 Å². The molecular formula is C20H30O2. The quantitative estimate of drug-likeness (QED) is 0.624. The summed E-state index contributed by atoms with van der Waals surface area (Å²) < 4.78 is 0. The van der Waals surface area contributed by atoms with Gasteiger partial charge in [0, 0.05) is 19.3 Å². The summed E-state index contributed by atoms with van der Waals surface area (Å²) >= 11 is 0. The van der Waals surface area contributed by atoms with E-state index in [0.717, 1.165) is 29.6 Å². The molecule has 0 spiro atoms. The third-order valence-electron chi connectivity index (χ3n) is 4.14. The zero-order chi connectivity index (χ0) is 16.7. The maximum atomic E-state index is 12.5. The van der Waals surface area contributed by atoms with Crippen LogP contribution in [0.25, 0.3) is 0 Å². The van der Waals surface area contributed by atoms with Crippen LogP contribution in [0.4, 0.5) is 0 Å². The standard InChI is InChI=1S/C20H30O2/c1-14(2)19-10-9-17(5)12-18(21)11-15(3)7-6-8-16(4)13-20(19)22/h8-10,14-15H,6-7,11-13H2,1-5H3/b16-8+,17-9+,19-10-/t15-/m1/s1. The molecule has 2 nitrogen and oxygen atoms in total. The van der Waals surface area contributed by atoms with Crippen LogP contribution in [-0.4, -0.2) is 11.6 Å². The highest BCUT2D eigenvalue weighted by molar-refractivity contribution is 5.97. The third-order valence-corrected chi connectivity index (χ3v) is 4.14. The van der Waals surface area contributed by atoms with Crippen LogP contribution in [0, 0.1) is 11.8 Å². The van der Waals surface area contributed by atoms with Crippen molar-refractivity contribution in [1.82, 2.24) is 0 Å².